The highest BCUT2D eigenvalue weighted by Gasteiger charge is 2.79. The van der Waals surface area contributed by atoms with Crippen LogP contribution in [0, 0.1) is 22.7 Å². The van der Waals surface area contributed by atoms with Gasteiger partial charge < -0.3 is 61.9 Å². The SMILES string of the molecule is COc1ccc(C2O[C@@](C)(C(=O)O[C@@H]3C=C4[C@@H](OC(=O)OCC(Cl)(Cl)Cl)C(=O)[C@]5(C)[C@@H](OC(=O)OCC(Cl)(Cl)Cl)C[C@H]6OC[C@@]6(OC(C)=O)[C@H]5[C@H](OC(=O)c5ccccc5)[C@](O)(C3)C4(C)C)[C@H](C3CC3)N2C(=O)OC(C)(C)C)c(OC)c1. The van der Waals surface area contributed by atoms with E-state index in [-0.39, 0.29) is 22.8 Å². The van der Waals surface area contributed by atoms with E-state index in [0.717, 1.165) is 6.92 Å². The Hall–Kier alpha value is -4.71. The zero-order valence-corrected chi connectivity index (χ0v) is 50.8. The maximum atomic E-state index is 16.4. The summed E-state index contributed by atoms with van der Waals surface area (Å²) in [4.78, 5) is 104. The van der Waals surface area contributed by atoms with Gasteiger partial charge in [0.15, 0.2) is 29.3 Å². The number of rotatable bonds is 13. The number of aliphatic hydroxyl groups is 1. The Labute approximate surface area is 502 Å². The largest absolute Gasteiger partial charge is 0.509 e. The van der Waals surface area contributed by atoms with E-state index in [9.17, 15) is 29.1 Å². The lowest BCUT2D eigenvalue weighted by Crippen LogP contribution is -2.82. The molecule has 82 heavy (non-hydrogen) atoms. The van der Waals surface area contributed by atoms with Crippen molar-refractivity contribution in [3.63, 3.8) is 0 Å². The number of hydrogen-bond donors (Lipinski definition) is 1. The number of amides is 1. The number of ketones is 1. The zero-order chi connectivity index (χ0) is 60.5. The average molecular weight is 1270 g/mol. The van der Waals surface area contributed by atoms with Crippen molar-refractivity contribution < 1.29 is 95.5 Å². The van der Waals surface area contributed by atoms with Gasteiger partial charge in [-0.3, -0.25) is 14.5 Å². The fourth-order valence-electron chi connectivity index (χ4n) is 12.1. The summed E-state index contributed by atoms with van der Waals surface area (Å²) in [5.74, 6) is -5.72. The fraction of sp³-hybridized carbons (Fsp3) is 0.618. The van der Waals surface area contributed by atoms with Crippen LogP contribution in [0.25, 0.3) is 0 Å². The van der Waals surface area contributed by atoms with Crippen LogP contribution < -0.4 is 9.47 Å². The van der Waals surface area contributed by atoms with Crippen molar-refractivity contribution in [1.29, 1.82) is 0 Å². The minimum absolute atomic E-state index is 0.0386. The molecule has 0 aromatic heterocycles. The van der Waals surface area contributed by atoms with Crippen LogP contribution in [0.1, 0.15) is 103 Å². The molecule has 2 aromatic carbocycles. The van der Waals surface area contributed by atoms with Crippen LogP contribution in [-0.4, -0.2) is 153 Å². The Kier molecular flexibility index (Phi) is 17.7. The number of alkyl halides is 6. The third-order valence-corrected chi connectivity index (χ3v) is 16.7. The molecule has 3 saturated carbocycles. The number of ether oxygens (including phenoxy) is 12. The monoisotopic (exact) mass is 1270 g/mol. The lowest BCUT2D eigenvalue weighted by atomic mass is 9.45. The molecule has 2 aliphatic heterocycles. The summed E-state index contributed by atoms with van der Waals surface area (Å²) in [7, 11) is 2.87. The van der Waals surface area contributed by atoms with E-state index in [1.165, 1.54) is 65.0 Å². The third kappa shape index (κ3) is 12.2. The van der Waals surface area contributed by atoms with Gasteiger partial charge in [-0.25, -0.2) is 24.0 Å². The van der Waals surface area contributed by atoms with Crippen LogP contribution in [0.5, 0.6) is 11.5 Å². The molecule has 2 bridgehead atoms. The molecule has 2 heterocycles. The number of benzene rings is 2. The van der Waals surface area contributed by atoms with Gasteiger partial charge in [0.05, 0.1) is 43.8 Å². The molecule has 5 fully saturated rings. The van der Waals surface area contributed by atoms with Gasteiger partial charge in [0.1, 0.15) is 60.3 Å². The molecule has 12 atom stereocenters. The van der Waals surface area contributed by atoms with Crippen molar-refractivity contribution in [3.05, 3.63) is 71.3 Å². The molecular formula is C55H63Cl6NO20. The van der Waals surface area contributed by atoms with Crippen LogP contribution in [0.4, 0.5) is 14.4 Å². The topological polar surface area (TPSA) is 254 Å². The van der Waals surface area contributed by atoms with E-state index < -0.39 is 164 Å². The molecule has 6 aliphatic rings. The molecule has 0 spiro atoms. The zero-order valence-electron chi connectivity index (χ0n) is 46.3. The average Bonchev–Trinajstić information content (AvgIpc) is 1.10. The van der Waals surface area contributed by atoms with Crippen LogP contribution in [-0.2, 0) is 61.8 Å². The molecule has 450 valence electrons. The van der Waals surface area contributed by atoms with Gasteiger partial charge in [-0.2, -0.15) is 0 Å². The van der Waals surface area contributed by atoms with Crippen molar-refractivity contribution in [3.8, 4) is 11.5 Å². The highest BCUT2D eigenvalue weighted by atomic mass is 35.6. The minimum Gasteiger partial charge on any atom is -0.497 e. The molecular weight excluding hydrogens is 1210 g/mol. The predicted octanol–water partition coefficient (Wildman–Crippen LogP) is 9.83. The second-order valence-corrected chi connectivity index (χ2v) is 28.0. The number of nitrogens with zero attached hydrogens (tertiary/aromatic N) is 1. The summed E-state index contributed by atoms with van der Waals surface area (Å²) in [6.45, 7) is 9.52. The summed E-state index contributed by atoms with van der Waals surface area (Å²) < 4.78 is 67.3. The number of Topliss-reactive ketones (excluding diaryl/α,β-unsaturated/α-hetero) is 1. The first kappa shape index (κ1) is 63.3. The number of carbonyl (C=O) groups is 7. The number of methoxy groups -OCH3 is 2. The van der Waals surface area contributed by atoms with Crippen molar-refractivity contribution in [2.75, 3.05) is 34.0 Å². The summed E-state index contributed by atoms with van der Waals surface area (Å²) in [6, 6.07) is 11.3. The maximum Gasteiger partial charge on any atom is 0.509 e. The molecule has 8 rings (SSSR count). The van der Waals surface area contributed by atoms with Crippen LogP contribution in [0.3, 0.4) is 0 Å². The van der Waals surface area contributed by atoms with E-state index in [1.807, 2.05) is 0 Å². The normalized spacial score (nSPS) is 32.1. The number of fused-ring (bicyclic) bond motifs is 5. The van der Waals surface area contributed by atoms with E-state index in [0.29, 0.717) is 24.2 Å². The summed E-state index contributed by atoms with van der Waals surface area (Å²) in [6.07, 6.45) is -13.0. The number of halogens is 6. The minimum atomic E-state index is -2.64. The first-order valence-corrected chi connectivity index (χ1v) is 28.3. The van der Waals surface area contributed by atoms with Crippen LogP contribution >= 0.6 is 69.6 Å². The van der Waals surface area contributed by atoms with E-state index in [1.54, 1.807) is 57.2 Å². The Morgan fingerprint density at radius 2 is 1.44 bits per heavy atom. The highest BCUT2D eigenvalue weighted by Crippen LogP contribution is 2.65. The number of hydrogen-bond acceptors (Lipinski definition) is 20. The highest BCUT2D eigenvalue weighted by molar-refractivity contribution is 6.68. The van der Waals surface area contributed by atoms with Crippen LogP contribution in [0.15, 0.2) is 60.2 Å². The molecule has 4 aliphatic carbocycles. The Morgan fingerprint density at radius 3 is 1.98 bits per heavy atom. The third-order valence-electron chi connectivity index (χ3n) is 16.1. The molecule has 27 heteroatoms. The number of carbonyl (C=O) groups excluding carboxylic acids is 7. The standard InChI is InChI=1S/C55H63Cl6NO20/c1-27(63)80-52-24-73-36(52)22-35(77-46(68)74-25-54(56,57)58)50(7)38(52)41(79-43(65)29-14-12-11-13-15-29)53(70)23-31(20-33(49(53,5)6)37(40(50)64)78-47(69)75-26-55(59,60)61)76-44(66)51(8)39(28-16-17-28)62(45(67)82-48(2,3)4)42(81-51)32-19-18-30(71-9)21-34(32)72-10/h11-15,18-21,28,31,35-39,41-42,70H,16-17,22-26H2,1-10H3/t31-,35+,36-,37-,38+,39+,41+,42?,50-,51-,52+,53-/m1/s1. The van der Waals surface area contributed by atoms with Crippen molar-refractivity contribution >= 4 is 112 Å². The van der Waals surface area contributed by atoms with Gasteiger partial charge in [-0.15, -0.1) is 0 Å². The summed E-state index contributed by atoms with van der Waals surface area (Å²) in [5, 5.41) is 14.3. The molecule has 0 radical (unpaired) electrons. The quantitative estimate of drug-likeness (QED) is 0.0847. The molecule has 1 amide bonds. The van der Waals surface area contributed by atoms with Crippen LogP contribution in [0.2, 0.25) is 0 Å². The van der Waals surface area contributed by atoms with Crippen molar-refractivity contribution in [2.45, 2.75) is 154 Å². The second-order valence-electron chi connectivity index (χ2n) is 23.0. The molecule has 2 aromatic rings. The summed E-state index contributed by atoms with van der Waals surface area (Å²) >= 11 is 35.7. The Morgan fingerprint density at radius 1 is 0.817 bits per heavy atom. The molecule has 1 unspecified atom stereocenters. The lowest BCUT2D eigenvalue weighted by Gasteiger charge is -2.67. The lowest BCUT2D eigenvalue weighted by molar-refractivity contribution is -0.346. The smallest absolute Gasteiger partial charge is 0.497 e. The van der Waals surface area contributed by atoms with Gasteiger partial charge in [-0.1, -0.05) is 102 Å². The summed E-state index contributed by atoms with van der Waals surface area (Å²) in [5.41, 5.74) is -12.1. The van der Waals surface area contributed by atoms with E-state index >= 15 is 9.59 Å². The first-order chi connectivity index (χ1) is 38.0. The van der Waals surface area contributed by atoms with Crippen molar-refractivity contribution in [2.24, 2.45) is 22.7 Å². The number of esters is 3. The molecule has 21 nitrogen and oxygen atoms in total. The molecule has 1 N–H and O–H groups in total. The van der Waals surface area contributed by atoms with E-state index in [4.69, 9.17) is 126 Å². The van der Waals surface area contributed by atoms with Gasteiger partial charge in [0.2, 0.25) is 7.59 Å². The van der Waals surface area contributed by atoms with E-state index in [2.05, 4.69) is 0 Å². The fourth-order valence-corrected chi connectivity index (χ4v) is 12.5. The molecule has 2 saturated heterocycles. The van der Waals surface area contributed by atoms with Crippen molar-refractivity contribution in [1.82, 2.24) is 4.90 Å². The van der Waals surface area contributed by atoms with Gasteiger partial charge >= 0.3 is 36.3 Å². The van der Waals surface area contributed by atoms with Gasteiger partial charge in [0, 0.05) is 36.8 Å². The Bertz CT molecular complexity index is 2870. The van der Waals surface area contributed by atoms with Gasteiger partial charge in [-0.05, 0) is 89.3 Å². The first-order valence-electron chi connectivity index (χ1n) is 26.0. The Balaban J connectivity index is 1.33. The maximum absolute atomic E-state index is 16.4. The second kappa shape index (κ2) is 22.9. The van der Waals surface area contributed by atoms with Gasteiger partial charge in [0.25, 0.3) is 0 Å². The predicted molar refractivity (Wildman–Crippen MR) is 292 cm³/mol.